The van der Waals surface area contributed by atoms with E-state index in [4.69, 9.17) is 11.6 Å². The summed E-state index contributed by atoms with van der Waals surface area (Å²) in [5, 5.41) is 3.34. The zero-order chi connectivity index (χ0) is 6.57. The fourth-order valence-electron chi connectivity index (χ4n) is 0.484. The van der Waals surface area contributed by atoms with E-state index in [0.717, 1.165) is 6.54 Å². The molecular weight excluding hydrogens is 122 g/mol. The molecule has 0 fully saturated rings. The molecule has 2 heteroatoms. The first-order valence-electron chi connectivity index (χ1n) is 2.97. The van der Waals surface area contributed by atoms with Crippen molar-refractivity contribution < 1.29 is 0 Å². The summed E-state index contributed by atoms with van der Waals surface area (Å²) in [7, 11) is 1.94. The first-order valence-corrected chi connectivity index (χ1v) is 3.40. The molecule has 0 saturated carbocycles. The number of hydrogen-bond donors (Lipinski definition) is 1. The summed E-state index contributed by atoms with van der Waals surface area (Å²) in [6, 6.07) is 0. The molecule has 0 aromatic rings. The fourth-order valence-corrected chi connectivity index (χ4v) is 0.573. The predicted molar refractivity (Wildman–Crippen MR) is 38.4 cm³/mol. The summed E-state index contributed by atoms with van der Waals surface area (Å²) >= 11 is 5.77. The van der Waals surface area contributed by atoms with Gasteiger partial charge >= 0.3 is 0 Å². The van der Waals surface area contributed by atoms with Gasteiger partial charge in [0.25, 0.3) is 0 Å². The van der Waals surface area contributed by atoms with Crippen molar-refractivity contribution in [2.45, 2.75) is 19.2 Å². The maximum atomic E-state index is 5.77. The van der Waals surface area contributed by atoms with E-state index in [9.17, 15) is 0 Å². The Kier molecular flexibility index (Phi) is 4.29. The predicted octanol–water partition coefficient (Wildman–Crippen LogP) is 1.47. The fraction of sp³-hybridized carbons (Fsp3) is 1.00. The van der Waals surface area contributed by atoms with Gasteiger partial charge in [0.05, 0.1) is 0 Å². The van der Waals surface area contributed by atoms with Gasteiger partial charge in [-0.25, -0.2) is 0 Å². The van der Waals surface area contributed by atoms with E-state index in [1.165, 1.54) is 0 Å². The Bertz CT molecular complexity index is 54.5. The minimum Gasteiger partial charge on any atom is -0.319 e. The minimum absolute atomic E-state index is 0.280. The Labute approximate surface area is 56.4 Å². The van der Waals surface area contributed by atoms with E-state index in [1.54, 1.807) is 0 Å². The second kappa shape index (κ2) is 4.16. The van der Waals surface area contributed by atoms with Gasteiger partial charge in [0.1, 0.15) is 0 Å². The van der Waals surface area contributed by atoms with Gasteiger partial charge in [0.2, 0.25) is 0 Å². The molecule has 50 valence electrons. The molecular formula is C6H14ClN. The van der Waals surface area contributed by atoms with Crippen molar-refractivity contribution in [3.8, 4) is 0 Å². The van der Waals surface area contributed by atoms with Crippen LogP contribution in [0.1, 0.15) is 13.8 Å². The molecule has 0 aromatic carbocycles. The summed E-state index contributed by atoms with van der Waals surface area (Å²) in [5.74, 6) is 0.571. The highest BCUT2D eigenvalue weighted by Crippen LogP contribution is 2.06. The maximum absolute atomic E-state index is 5.77. The molecule has 1 nitrogen and oxygen atoms in total. The smallest absolute Gasteiger partial charge is 0.0345 e. The van der Waals surface area contributed by atoms with Gasteiger partial charge in [-0.2, -0.15) is 0 Å². The largest absolute Gasteiger partial charge is 0.319 e. The molecule has 0 amide bonds. The third kappa shape index (κ3) is 3.28. The highest BCUT2D eigenvalue weighted by atomic mass is 35.5. The lowest BCUT2D eigenvalue weighted by Crippen LogP contribution is -2.21. The quantitative estimate of drug-likeness (QED) is 0.578. The van der Waals surface area contributed by atoms with Crippen molar-refractivity contribution in [2.75, 3.05) is 13.6 Å². The van der Waals surface area contributed by atoms with Crippen LogP contribution in [0.15, 0.2) is 0 Å². The van der Waals surface area contributed by atoms with Gasteiger partial charge in [-0.05, 0) is 26.4 Å². The van der Waals surface area contributed by atoms with Crippen molar-refractivity contribution in [2.24, 2.45) is 5.92 Å². The van der Waals surface area contributed by atoms with Gasteiger partial charge in [-0.3, -0.25) is 0 Å². The first kappa shape index (κ1) is 8.25. The van der Waals surface area contributed by atoms with Crippen LogP contribution in [0.2, 0.25) is 0 Å². The van der Waals surface area contributed by atoms with E-state index < -0.39 is 0 Å². The number of alkyl halides is 1. The van der Waals surface area contributed by atoms with Crippen LogP contribution in [-0.2, 0) is 0 Å². The number of halogens is 1. The highest BCUT2D eigenvalue weighted by molar-refractivity contribution is 6.20. The zero-order valence-electron chi connectivity index (χ0n) is 5.74. The third-order valence-electron chi connectivity index (χ3n) is 1.31. The summed E-state index contributed by atoms with van der Waals surface area (Å²) in [6.07, 6.45) is 0. The molecule has 0 spiro atoms. The van der Waals surface area contributed by atoms with E-state index in [2.05, 4.69) is 12.2 Å². The maximum Gasteiger partial charge on any atom is 0.0345 e. The third-order valence-corrected chi connectivity index (χ3v) is 1.74. The lowest BCUT2D eigenvalue weighted by atomic mass is 10.1. The highest BCUT2D eigenvalue weighted by Gasteiger charge is 2.05. The Hall–Kier alpha value is 0.250. The Morgan fingerprint density at radius 2 is 2.00 bits per heavy atom. The normalized spacial score (nSPS) is 18.0. The van der Waals surface area contributed by atoms with E-state index in [-0.39, 0.29) is 5.38 Å². The summed E-state index contributed by atoms with van der Waals surface area (Å²) in [6.45, 7) is 5.16. The summed E-state index contributed by atoms with van der Waals surface area (Å²) < 4.78 is 0. The Balaban J connectivity index is 3.17. The van der Waals surface area contributed by atoms with Crippen LogP contribution in [0.25, 0.3) is 0 Å². The molecule has 0 heterocycles. The molecule has 8 heavy (non-hydrogen) atoms. The second-order valence-corrected chi connectivity index (χ2v) is 2.90. The van der Waals surface area contributed by atoms with Gasteiger partial charge in [0.15, 0.2) is 0 Å². The van der Waals surface area contributed by atoms with Crippen LogP contribution in [-0.4, -0.2) is 19.0 Å². The van der Waals surface area contributed by atoms with Crippen LogP contribution in [0.5, 0.6) is 0 Å². The molecule has 0 aliphatic rings. The summed E-state index contributed by atoms with van der Waals surface area (Å²) in [4.78, 5) is 0. The van der Waals surface area contributed by atoms with E-state index in [1.807, 2.05) is 14.0 Å². The van der Waals surface area contributed by atoms with Crippen LogP contribution in [0.4, 0.5) is 0 Å². The standard InChI is InChI=1S/C6H14ClN/c1-5(4-8-3)6(2)7/h5-6,8H,4H2,1-3H3. The average Bonchev–Trinajstić information content (AvgIpc) is 1.67. The monoisotopic (exact) mass is 135 g/mol. The Morgan fingerprint density at radius 1 is 1.50 bits per heavy atom. The topological polar surface area (TPSA) is 12.0 Å². The minimum atomic E-state index is 0.280. The van der Waals surface area contributed by atoms with Crippen molar-refractivity contribution in [3.63, 3.8) is 0 Å². The molecule has 2 atom stereocenters. The number of hydrogen-bond acceptors (Lipinski definition) is 1. The van der Waals surface area contributed by atoms with Crippen LogP contribution in [0, 0.1) is 5.92 Å². The molecule has 0 saturated heterocycles. The van der Waals surface area contributed by atoms with Crippen molar-refractivity contribution >= 4 is 11.6 Å². The second-order valence-electron chi connectivity index (χ2n) is 2.21. The average molecular weight is 136 g/mol. The van der Waals surface area contributed by atoms with Crippen molar-refractivity contribution in [3.05, 3.63) is 0 Å². The molecule has 0 aromatic heterocycles. The zero-order valence-corrected chi connectivity index (χ0v) is 6.50. The van der Waals surface area contributed by atoms with Gasteiger partial charge < -0.3 is 5.32 Å². The van der Waals surface area contributed by atoms with Crippen LogP contribution < -0.4 is 5.32 Å². The lowest BCUT2D eigenvalue weighted by molar-refractivity contribution is 0.535. The first-order chi connectivity index (χ1) is 3.68. The van der Waals surface area contributed by atoms with Gasteiger partial charge in [0, 0.05) is 5.38 Å². The molecule has 0 rings (SSSR count). The SMILES string of the molecule is CNCC(C)C(C)Cl. The lowest BCUT2D eigenvalue weighted by Gasteiger charge is -2.11. The van der Waals surface area contributed by atoms with E-state index in [0.29, 0.717) is 5.92 Å². The van der Waals surface area contributed by atoms with Gasteiger partial charge in [-0.15, -0.1) is 11.6 Å². The molecule has 0 aliphatic heterocycles. The summed E-state index contributed by atoms with van der Waals surface area (Å²) in [5.41, 5.74) is 0. The molecule has 1 N–H and O–H groups in total. The molecule has 2 unspecified atom stereocenters. The van der Waals surface area contributed by atoms with Crippen molar-refractivity contribution in [1.29, 1.82) is 0 Å². The number of nitrogens with one attached hydrogen (secondary N) is 1. The van der Waals surface area contributed by atoms with Crippen LogP contribution >= 0.6 is 11.6 Å². The van der Waals surface area contributed by atoms with Crippen molar-refractivity contribution in [1.82, 2.24) is 5.32 Å². The number of rotatable bonds is 3. The van der Waals surface area contributed by atoms with Crippen LogP contribution in [0.3, 0.4) is 0 Å². The van der Waals surface area contributed by atoms with Gasteiger partial charge in [-0.1, -0.05) is 6.92 Å². The molecule has 0 aliphatic carbocycles. The Morgan fingerprint density at radius 3 is 2.12 bits per heavy atom. The molecule has 0 bridgehead atoms. The van der Waals surface area contributed by atoms with E-state index >= 15 is 0 Å². The molecule has 0 radical (unpaired) electrons.